The van der Waals surface area contributed by atoms with E-state index in [2.05, 4.69) is 20.9 Å². The zero-order valence-electron chi connectivity index (χ0n) is 16.4. The Kier molecular flexibility index (Phi) is 8.06. The molecule has 2 aromatic carbocycles. The molecule has 8 heteroatoms. The van der Waals surface area contributed by atoms with Crippen molar-refractivity contribution in [2.75, 3.05) is 13.6 Å². The smallest absolute Gasteiger partial charge is 0.352 e. The standard InChI is InChI=1S/C21H25F3N4O/c1-3-11-26-19(29)17-6-4-5-16(12-17)14-28-20(25-2)27-13-15-7-9-18(10-8-15)21(22,23)24/h4-10,12H,3,11,13-14H2,1-2H3,(H,26,29)(H2,25,27,28). The van der Waals surface area contributed by atoms with Crippen LogP contribution in [0.5, 0.6) is 0 Å². The lowest BCUT2D eigenvalue weighted by Crippen LogP contribution is -2.36. The molecule has 0 bridgehead atoms. The van der Waals surface area contributed by atoms with Gasteiger partial charge in [0.25, 0.3) is 5.91 Å². The fourth-order valence-electron chi connectivity index (χ4n) is 2.57. The van der Waals surface area contributed by atoms with Crippen LogP contribution in [0.2, 0.25) is 0 Å². The van der Waals surface area contributed by atoms with Gasteiger partial charge < -0.3 is 16.0 Å². The van der Waals surface area contributed by atoms with Gasteiger partial charge in [-0.3, -0.25) is 9.79 Å². The van der Waals surface area contributed by atoms with Gasteiger partial charge in [-0.25, -0.2) is 0 Å². The maximum atomic E-state index is 12.6. The molecular weight excluding hydrogens is 381 g/mol. The highest BCUT2D eigenvalue weighted by Gasteiger charge is 2.29. The number of carbonyl (C=O) groups excluding carboxylic acids is 1. The Bertz CT molecular complexity index is 833. The lowest BCUT2D eigenvalue weighted by molar-refractivity contribution is -0.137. The maximum absolute atomic E-state index is 12.6. The third kappa shape index (κ3) is 7.14. The first-order valence-corrected chi connectivity index (χ1v) is 9.31. The molecule has 0 spiro atoms. The molecule has 0 aliphatic rings. The van der Waals surface area contributed by atoms with Gasteiger partial charge in [0.2, 0.25) is 0 Å². The van der Waals surface area contributed by atoms with Crippen molar-refractivity contribution in [2.45, 2.75) is 32.6 Å². The second-order valence-electron chi connectivity index (χ2n) is 6.43. The summed E-state index contributed by atoms with van der Waals surface area (Å²) >= 11 is 0. The SMILES string of the molecule is CCCNC(=O)c1cccc(CNC(=NC)NCc2ccc(C(F)(F)F)cc2)c1. The Balaban J connectivity index is 1.88. The molecule has 156 valence electrons. The van der Waals surface area contributed by atoms with Gasteiger partial charge in [-0.15, -0.1) is 0 Å². The molecule has 0 saturated heterocycles. The molecule has 0 aliphatic carbocycles. The average Bonchev–Trinajstić information content (AvgIpc) is 2.72. The van der Waals surface area contributed by atoms with E-state index in [1.54, 1.807) is 19.2 Å². The number of rotatable bonds is 7. The maximum Gasteiger partial charge on any atom is 0.416 e. The number of nitrogens with zero attached hydrogens (tertiary/aromatic N) is 1. The van der Waals surface area contributed by atoms with Crippen molar-refractivity contribution < 1.29 is 18.0 Å². The quantitative estimate of drug-likeness (QED) is 0.485. The van der Waals surface area contributed by atoms with Gasteiger partial charge in [0.05, 0.1) is 5.56 Å². The van der Waals surface area contributed by atoms with Crippen molar-refractivity contribution in [3.63, 3.8) is 0 Å². The van der Waals surface area contributed by atoms with E-state index >= 15 is 0 Å². The topological polar surface area (TPSA) is 65.5 Å². The highest BCUT2D eigenvalue weighted by molar-refractivity contribution is 5.94. The second kappa shape index (κ2) is 10.5. The van der Waals surface area contributed by atoms with E-state index in [0.29, 0.717) is 36.7 Å². The van der Waals surface area contributed by atoms with Crippen LogP contribution in [-0.4, -0.2) is 25.5 Å². The summed E-state index contributed by atoms with van der Waals surface area (Å²) in [4.78, 5) is 16.2. The Hall–Kier alpha value is -3.03. The third-order valence-corrected chi connectivity index (χ3v) is 4.15. The van der Waals surface area contributed by atoms with Gasteiger partial charge in [-0.05, 0) is 41.8 Å². The number of amides is 1. The van der Waals surface area contributed by atoms with Crippen LogP contribution in [0.1, 0.15) is 40.4 Å². The van der Waals surface area contributed by atoms with Crippen molar-refractivity contribution in [3.8, 4) is 0 Å². The van der Waals surface area contributed by atoms with Crippen LogP contribution in [0.4, 0.5) is 13.2 Å². The fraction of sp³-hybridized carbons (Fsp3) is 0.333. The highest BCUT2D eigenvalue weighted by atomic mass is 19.4. The summed E-state index contributed by atoms with van der Waals surface area (Å²) in [7, 11) is 1.61. The van der Waals surface area contributed by atoms with E-state index in [1.807, 2.05) is 19.1 Å². The molecule has 0 aromatic heterocycles. The molecule has 0 radical (unpaired) electrons. The van der Waals surface area contributed by atoms with Crippen LogP contribution in [0.25, 0.3) is 0 Å². The summed E-state index contributed by atoms with van der Waals surface area (Å²) < 4.78 is 37.9. The average molecular weight is 406 g/mol. The minimum Gasteiger partial charge on any atom is -0.352 e. The molecule has 0 aliphatic heterocycles. The number of aliphatic imine (C=N–C) groups is 1. The molecule has 0 fully saturated rings. The van der Waals surface area contributed by atoms with Crippen molar-refractivity contribution in [1.82, 2.24) is 16.0 Å². The minimum absolute atomic E-state index is 0.112. The van der Waals surface area contributed by atoms with E-state index < -0.39 is 11.7 Å². The number of nitrogens with one attached hydrogen (secondary N) is 3. The molecular formula is C21H25F3N4O. The molecule has 0 saturated carbocycles. The number of alkyl halides is 3. The van der Waals surface area contributed by atoms with Crippen molar-refractivity contribution in [2.24, 2.45) is 4.99 Å². The predicted molar refractivity (Wildman–Crippen MR) is 108 cm³/mol. The molecule has 3 N–H and O–H groups in total. The van der Waals surface area contributed by atoms with E-state index in [9.17, 15) is 18.0 Å². The number of hydrogen-bond donors (Lipinski definition) is 3. The van der Waals surface area contributed by atoms with Gasteiger partial charge in [-0.1, -0.05) is 31.2 Å². The first kappa shape index (κ1) is 22.3. The zero-order chi connectivity index (χ0) is 21.3. The molecule has 0 heterocycles. The Morgan fingerprint density at radius 3 is 2.21 bits per heavy atom. The van der Waals surface area contributed by atoms with Crippen molar-refractivity contribution >= 4 is 11.9 Å². The third-order valence-electron chi connectivity index (χ3n) is 4.15. The number of carbonyl (C=O) groups is 1. The van der Waals surface area contributed by atoms with Crippen LogP contribution < -0.4 is 16.0 Å². The largest absolute Gasteiger partial charge is 0.416 e. The summed E-state index contributed by atoms with van der Waals surface area (Å²) in [5.41, 5.74) is 1.53. The van der Waals surface area contributed by atoms with Gasteiger partial charge in [0.1, 0.15) is 0 Å². The van der Waals surface area contributed by atoms with Crippen molar-refractivity contribution in [1.29, 1.82) is 0 Å². The molecule has 2 rings (SSSR count). The first-order chi connectivity index (χ1) is 13.8. The van der Waals surface area contributed by atoms with Gasteiger partial charge in [-0.2, -0.15) is 13.2 Å². The number of hydrogen-bond acceptors (Lipinski definition) is 2. The molecule has 0 unspecified atom stereocenters. The van der Waals surface area contributed by atoms with Gasteiger partial charge >= 0.3 is 6.18 Å². The summed E-state index contributed by atoms with van der Waals surface area (Å²) in [6.45, 7) is 3.39. The number of guanidine groups is 1. The number of halogens is 3. The fourth-order valence-corrected chi connectivity index (χ4v) is 2.57. The molecule has 29 heavy (non-hydrogen) atoms. The molecule has 0 atom stereocenters. The normalized spacial score (nSPS) is 11.8. The van der Waals surface area contributed by atoms with Crippen LogP contribution in [0.3, 0.4) is 0 Å². The molecule has 1 amide bonds. The number of benzene rings is 2. The summed E-state index contributed by atoms with van der Waals surface area (Å²) in [6.07, 6.45) is -3.47. The molecule has 5 nitrogen and oxygen atoms in total. The van der Waals surface area contributed by atoms with Crippen LogP contribution in [-0.2, 0) is 19.3 Å². The summed E-state index contributed by atoms with van der Waals surface area (Å²) in [5.74, 6) is 0.393. The van der Waals surface area contributed by atoms with Gasteiger partial charge in [0, 0.05) is 32.2 Å². The summed E-state index contributed by atoms with van der Waals surface area (Å²) in [6, 6.07) is 12.3. The monoisotopic (exact) mass is 406 g/mol. The molecule has 2 aromatic rings. The van der Waals surface area contributed by atoms with E-state index in [1.165, 1.54) is 12.1 Å². The van der Waals surface area contributed by atoms with Crippen LogP contribution >= 0.6 is 0 Å². The van der Waals surface area contributed by atoms with E-state index in [4.69, 9.17) is 0 Å². The first-order valence-electron chi connectivity index (χ1n) is 9.31. The zero-order valence-corrected chi connectivity index (χ0v) is 16.4. The second-order valence-corrected chi connectivity index (χ2v) is 6.43. The predicted octanol–water partition coefficient (Wildman–Crippen LogP) is 3.71. The van der Waals surface area contributed by atoms with Gasteiger partial charge in [0.15, 0.2) is 5.96 Å². The van der Waals surface area contributed by atoms with E-state index in [-0.39, 0.29) is 5.91 Å². The highest BCUT2D eigenvalue weighted by Crippen LogP contribution is 2.29. The lowest BCUT2D eigenvalue weighted by Gasteiger charge is -2.13. The van der Waals surface area contributed by atoms with E-state index in [0.717, 1.165) is 24.1 Å². The Labute approximate surface area is 168 Å². The minimum atomic E-state index is -4.34. The Morgan fingerprint density at radius 1 is 0.966 bits per heavy atom. The van der Waals surface area contributed by atoms with Crippen molar-refractivity contribution in [3.05, 3.63) is 70.8 Å². The lowest BCUT2D eigenvalue weighted by atomic mass is 10.1. The van der Waals surface area contributed by atoms with Crippen LogP contribution in [0, 0.1) is 0 Å². The van der Waals surface area contributed by atoms with Crippen LogP contribution in [0.15, 0.2) is 53.5 Å². The Morgan fingerprint density at radius 2 is 1.62 bits per heavy atom. The summed E-state index contributed by atoms with van der Waals surface area (Å²) in [5, 5.41) is 9.02.